The van der Waals surface area contributed by atoms with Gasteiger partial charge in [0.1, 0.15) is 0 Å². The number of methoxy groups -OCH3 is 2. The smallest absolute Gasteiger partial charge is 0.274 e. The second-order valence-electron chi connectivity index (χ2n) is 10.7. The average Bonchev–Trinajstić information content (AvgIpc) is 3.29. The zero-order chi connectivity index (χ0) is 28.1. The summed E-state index contributed by atoms with van der Waals surface area (Å²) in [6.07, 6.45) is 18.9. The fraction of sp³-hybridized carbons (Fsp3) is 0.406. The van der Waals surface area contributed by atoms with Gasteiger partial charge in [-0.15, -0.1) is 0 Å². The predicted molar refractivity (Wildman–Crippen MR) is 163 cm³/mol. The van der Waals surface area contributed by atoms with Gasteiger partial charge in [-0.3, -0.25) is 4.79 Å². The van der Waals surface area contributed by atoms with E-state index in [2.05, 4.69) is 24.4 Å². The van der Waals surface area contributed by atoms with E-state index in [9.17, 15) is 4.79 Å². The van der Waals surface area contributed by atoms with Crippen LogP contribution in [-0.2, 0) is 6.42 Å². The average molecular weight is 559 g/mol. The molecule has 0 aliphatic carbocycles. The number of hydrogen-bond donors (Lipinski definition) is 1. The maximum atomic E-state index is 13.8. The number of aryl methyl sites for hydroxylation is 1. The molecule has 0 saturated carbocycles. The van der Waals surface area contributed by atoms with Crippen LogP contribution in [0, 0.1) is 11.8 Å². The third-order valence-electron chi connectivity index (χ3n) is 8.07. The van der Waals surface area contributed by atoms with E-state index in [0.29, 0.717) is 35.6 Å². The highest BCUT2D eigenvalue weighted by Crippen LogP contribution is 2.33. The van der Waals surface area contributed by atoms with E-state index in [0.717, 1.165) is 60.5 Å². The number of carbonyl (C=O) groups excluding carboxylic acids is 1. The summed E-state index contributed by atoms with van der Waals surface area (Å²) >= 11 is 5.80. The van der Waals surface area contributed by atoms with Crippen LogP contribution in [0.2, 0.25) is 0 Å². The first-order valence-electron chi connectivity index (χ1n) is 14.1. The fourth-order valence-electron chi connectivity index (χ4n) is 5.78. The van der Waals surface area contributed by atoms with Gasteiger partial charge in [0.2, 0.25) is 0 Å². The molecule has 1 fully saturated rings. The highest BCUT2D eigenvalue weighted by atomic mass is 32.1. The molecule has 1 saturated heterocycles. The minimum Gasteiger partial charge on any atom is -0.493 e. The number of fused-ring (bicyclic) bond motifs is 1. The largest absolute Gasteiger partial charge is 0.493 e. The van der Waals surface area contributed by atoms with E-state index < -0.39 is 0 Å². The Bertz CT molecular complexity index is 1370. The van der Waals surface area contributed by atoms with Crippen LogP contribution in [0.1, 0.15) is 54.4 Å². The summed E-state index contributed by atoms with van der Waals surface area (Å²) in [7, 11) is 3.26. The summed E-state index contributed by atoms with van der Waals surface area (Å²) in [5.41, 5.74) is 3.34. The van der Waals surface area contributed by atoms with Crippen molar-refractivity contribution in [2.75, 3.05) is 27.3 Å². The van der Waals surface area contributed by atoms with E-state index in [4.69, 9.17) is 26.8 Å². The number of allylic oxidation sites excluding steroid dienone is 5. The van der Waals surface area contributed by atoms with E-state index in [1.807, 2.05) is 64.4 Å². The molecule has 40 heavy (non-hydrogen) atoms. The van der Waals surface area contributed by atoms with Crippen LogP contribution in [0.25, 0.3) is 5.70 Å². The Kier molecular flexibility index (Phi) is 8.85. The minimum absolute atomic E-state index is 0.00374. The Balaban J connectivity index is 1.34. The SMILES string of the molecule is COc1ccc(/C2=C/C=C\CCc3cc(C(=O)N4CCCC(CC(=S)C5C=CC=CN5)[C@@H](C)C4)nn32)cc1OC. The normalized spacial score (nSPS) is 24.4. The first kappa shape index (κ1) is 27.9. The van der Waals surface area contributed by atoms with E-state index >= 15 is 0 Å². The molecule has 7 nitrogen and oxygen atoms in total. The molecule has 0 radical (unpaired) electrons. The molecule has 0 bridgehead atoms. The maximum Gasteiger partial charge on any atom is 0.274 e. The van der Waals surface area contributed by atoms with Gasteiger partial charge in [-0.1, -0.05) is 43.4 Å². The molecule has 5 rings (SSSR count). The number of carbonyl (C=O) groups is 1. The van der Waals surface area contributed by atoms with E-state index in [-0.39, 0.29) is 11.9 Å². The molecule has 210 valence electrons. The number of nitrogens with one attached hydrogen (secondary N) is 1. The van der Waals surface area contributed by atoms with Crippen LogP contribution in [0.4, 0.5) is 0 Å². The molecule has 3 aliphatic rings. The van der Waals surface area contributed by atoms with Gasteiger partial charge in [0.05, 0.1) is 26.0 Å². The molecule has 1 amide bonds. The van der Waals surface area contributed by atoms with Gasteiger partial charge in [-0.25, -0.2) is 4.68 Å². The van der Waals surface area contributed by atoms with E-state index in [1.165, 1.54) is 0 Å². The van der Waals surface area contributed by atoms with Crippen molar-refractivity contribution in [2.45, 2.75) is 45.1 Å². The lowest BCUT2D eigenvalue weighted by atomic mass is 9.85. The second-order valence-corrected chi connectivity index (χ2v) is 11.2. The molecule has 3 atom stereocenters. The third kappa shape index (κ3) is 6.07. The van der Waals surface area contributed by atoms with Crippen molar-refractivity contribution in [3.63, 3.8) is 0 Å². The van der Waals surface area contributed by atoms with Crippen molar-refractivity contribution >= 4 is 28.7 Å². The van der Waals surface area contributed by atoms with Crippen LogP contribution in [-0.4, -0.2) is 58.8 Å². The fourth-order valence-corrected chi connectivity index (χ4v) is 6.14. The summed E-state index contributed by atoms with van der Waals surface area (Å²) in [5, 5.41) is 8.22. The Labute approximate surface area is 242 Å². The van der Waals surface area contributed by atoms with Crippen molar-refractivity contribution in [1.29, 1.82) is 0 Å². The highest BCUT2D eigenvalue weighted by molar-refractivity contribution is 7.80. The Morgan fingerprint density at radius 1 is 1.15 bits per heavy atom. The number of hydrogen-bond acceptors (Lipinski definition) is 6. The molecule has 2 aromatic rings. The number of aromatic nitrogens is 2. The summed E-state index contributed by atoms with van der Waals surface area (Å²) in [6, 6.07) is 7.91. The summed E-state index contributed by atoms with van der Waals surface area (Å²) in [6.45, 7) is 3.69. The first-order chi connectivity index (χ1) is 19.5. The first-order valence-corrected chi connectivity index (χ1v) is 14.5. The lowest BCUT2D eigenvalue weighted by Crippen LogP contribution is -2.36. The molecule has 1 aromatic carbocycles. The highest BCUT2D eigenvalue weighted by Gasteiger charge is 2.30. The number of benzene rings is 1. The van der Waals surface area contributed by atoms with Gasteiger partial charge >= 0.3 is 0 Å². The summed E-state index contributed by atoms with van der Waals surface area (Å²) in [4.78, 5) is 16.8. The molecule has 4 heterocycles. The molecular formula is C32H38N4O3S. The van der Waals surface area contributed by atoms with Crippen molar-refractivity contribution in [2.24, 2.45) is 11.8 Å². The standard InChI is InChI=1S/C32H38N4O3S/c1-22-21-35(17-9-10-23(22)19-31(40)26-12-7-8-16-33-26)32(37)27-20-25-11-5-4-6-13-28(36(25)34-27)24-14-15-29(38-2)30(18-24)39-3/h4,6-8,12-16,18,20,22-23,26,33H,5,9-11,17,19,21H2,1-3H3/b6-4-,28-13-/t22-,23?,26?/m0/s1. The predicted octanol–water partition coefficient (Wildman–Crippen LogP) is 5.58. The maximum absolute atomic E-state index is 13.8. The Hall–Kier alpha value is -3.65. The van der Waals surface area contributed by atoms with Crippen molar-refractivity contribution in [3.05, 3.63) is 83.9 Å². The summed E-state index contributed by atoms with van der Waals surface area (Å²) < 4.78 is 12.9. The van der Waals surface area contributed by atoms with Crippen LogP contribution in [0.3, 0.4) is 0 Å². The third-order valence-corrected chi connectivity index (χ3v) is 8.49. The monoisotopic (exact) mass is 558 g/mol. The molecule has 3 aliphatic heterocycles. The lowest BCUT2D eigenvalue weighted by molar-refractivity contribution is 0.0732. The summed E-state index contributed by atoms with van der Waals surface area (Å²) in [5.74, 6) is 2.12. The van der Waals surface area contributed by atoms with E-state index in [1.54, 1.807) is 14.2 Å². The molecule has 1 N–H and O–H groups in total. The number of likely N-dealkylation sites (tertiary alicyclic amines) is 1. The number of thiocarbonyl (C=S) groups is 1. The zero-order valence-electron chi connectivity index (χ0n) is 23.5. The molecule has 2 unspecified atom stereocenters. The number of nitrogens with zero attached hydrogens (tertiary/aromatic N) is 3. The van der Waals surface area contributed by atoms with Gasteiger partial charge in [-0.2, -0.15) is 5.10 Å². The minimum atomic E-state index is -0.00374. The van der Waals surface area contributed by atoms with Gasteiger partial charge in [0, 0.05) is 29.2 Å². The van der Waals surface area contributed by atoms with Crippen LogP contribution in [0.15, 0.2) is 66.9 Å². The number of ether oxygens (including phenoxy) is 2. The lowest BCUT2D eigenvalue weighted by Gasteiger charge is -2.27. The second kappa shape index (κ2) is 12.7. The van der Waals surface area contributed by atoms with Gasteiger partial charge in [-0.05, 0) is 86.6 Å². The van der Waals surface area contributed by atoms with Crippen molar-refractivity contribution in [1.82, 2.24) is 20.0 Å². The quantitative estimate of drug-likeness (QED) is 0.448. The zero-order valence-corrected chi connectivity index (χ0v) is 24.3. The number of amides is 1. The van der Waals surface area contributed by atoms with Crippen LogP contribution in [0.5, 0.6) is 11.5 Å². The molecule has 1 aromatic heterocycles. The van der Waals surface area contributed by atoms with Crippen molar-refractivity contribution < 1.29 is 14.3 Å². The topological polar surface area (TPSA) is 68.6 Å². The molecule has 0 spiro atoms. The number of dihydropyridines is 1. The van der Waals surface area contributed by atoms with Crippen LogP contribution < -0.4 is 14.8 Å². The van der Waals surface area contributed by atoms with Crippen LogP contribution >= 0.6 is 12.2 Å². The molecular weight excluding hydrogens is 520 g/mol. The van der Waals surface area contributed by atoms with Crippen molar-refractivity contribution in [3.8, 4) is 11.5 Å². The Morgan fingerprint density at radius 2 is 2.00 bits per heavy atom. The number of rotatable bonds is 7. The van der Waals surface area contributed by atoms with Gasteiger partial charge in [0.15, 0.2) is 17.2 Å². The van der Waals surface area contributed by atoms with Gasteiger partial charge < -0.3 is 19.7 Å². The van der Waals surface area contributed by atoms with Gasteiger partial charge in [0.25, 0.3) is 5.91 Å². The molecule has 8 heteroatoms. The Morgan fingerprint density at radius 3 is 2.77 bits per heavy atom.